The number of amides is 1. The molecule has 0 spiro atoms. The summed E-state index contributed by atoms with van der Waals surface area (Å²) in [6.07, 6.45) is 2.77. The molecule has 0 atom stereocenters. The number of anilines is 1. The van der Waals surface area contributed by atoms with Gasteiger partial charge in [-0.3, -0.25) is 23.5 Å². The SMILES string of the molecule is CCOC(=O)c1ccc(NC(=O)Cn2ccn(-c3ccccc3OC)c(=O)c2=O)cc1. The minimum absolute atomic E-state index is 0.266. The standard InChI is InChI=1S/C22H21N3O6/c1-3-31-22(29)15-8-10-16(11-9-15)23-19(26)14-24-12-13-25(21(28)20(24)27)17-6-4-5-7-18(17)30-2/h4-13H,3,14H2,1-2H3,(H,23,26). The summed E-state index contributed by atoms with van der Waals surface area (Å²) in [5, 5.41) is 2.62. The number of nitrogens with zero attached hydrogens (tertiary/aromatic N) is 2. The van der Waals surface area contributed by atoms with Crippen LogP contribution in [-0.2, 0) is 16.1 Å². The average Bonchev–Trinajstić information content (AvgIpc) is 2.78. The maximum atomic E-state index is 12.6. The van der Waals surface area contributed by atoms with Gasteiger partial charge in [0.1, 0.15) is 12.3 Å². The molecule has 3 rings (SSSR count). The zero-order chi connectivity index (χ0) is 22.4. The van der Waals surface area contributed by atoms with Gasteiger partial charge in [-0.15, -0.1) is 0 Å². The molecule has 1 amide bonds. The van der Waals surface area contributed by atoms with Crippen molar-refractivity contribution >= 4 is 17.6 Å². The van der Waals surface area contributed by atoms with Crippen molar-refractivity contribution in [2.24, 2.45) is 0 Å². The molecule has 1 N–H and O–H groups in total. The minimum Gasteiger partial charge on any atom is -0.495 e. The molecular weight excluding hydrogens is 402 g/mol. The van der Waals surface area contributed by atoms with Gasteiger partial charge in [-0.2, -0.15) is 0 Å². The predicted octanol–water partition coefficient (Wildman–Crippen LogP) is 1.82. The Kier molecular flexibility index (Phi) is 6.66. The summed E-state index contributed by atoms with van der Waals surface area (Å²) >= 11 is 0. The van der Waals surface area contributed by atoms with Crippen LogP contribution in [0.2, 0.25) is 0 Å². The molecule has 1 aromatic heterocycles. The summed E-state index contributed by atoms with van der Waals surface area (Å²) < 4.78 is 12.3. The maximum Gasteiger partial charge on any atom is 0.338 e. The molecule has 0 radical (unpaired) electrons. The van der Waals surface area contributed by atoms with Crippen LogP contribution in [0, 0.1) is 0 Å². The number of aromatic nitrogens is 2. The Morgan fingerprint density at radius 2 is 1.68 bits per heavy atom. The number of hydrogen-bond acceptors (Lipinski definition) is 6. The van der Waals surface area contributed by atoms with E-state index in [4.69, 9.17) is 9.47 Å². The smallest absolute Gasteiger partial charge is 0.338 e. The Morgan fingerprint density at radius 3 is 2.35 bits per heavy atom. The summed E-state index contributed by atoms with van der Waals surface area (Å²) in [5.74, 6) is -0.520. The van der Waals surface area contributed by atoms with Crippen molar-refractivity contribution < 1.29 is 19.1 Å². The van der Waals surface area contributed by atoms with Gasteiger partial charge >= 0.3 is 17.1 Å². The lowest BCUT2D eigenvalue weighted by molar-refractivity contribution is -0.116. The molecule has 0 saturated carbocycles. The van der Waals surface area contributed by atoms with Crippen LogP contribution in [0.5, 0.6) is 5.75 Å². The highest BCUT2D eigenvalue weighted by molar-refractivity contribution is 5.93. The number of hydrogen-bond donors (Lipinski definition) is 1. The maximum absolute atomic E-state index is 12.6. The Morgan fingerprint density at radius 1 is 0.968 bits per heavy atom. The van der Waals surface area contributed by atoms with Gasteiger partial charge in [-0.05, 0) is 43.3 Å². The van der Waals surface area contributed by atoms with E-state index in [0.717, 1.165) is 4.57 Å². The number of esters is 1. The van der Waals surface area contributed by atoms with E-state index in [9.17, 15) is 19.2 Å². The molecule has 3 aromatic rings. The van der Waals surface area contributed by atoms with Crippen LogP contribution in [0.3, 0.4) is 0 Å². The number of nitrogens with one attached hydrogen (secondary N) is 1. The van der Waals surface area contributed by atoms with Crippen molar-refractivity contribution in [2.45, 2.75) is 13.5 Å². The van der Waals surface area contributed by atoms with Crippen molar-refractivity contribution in [1.82, 2.24) is 9.13 Å². The van der Waals surface area contributed by atoms with Crippen molar-refractivity contribution in [2.75, 3.05) is 19.0 Å². The Balaban J connectivity index is 1.75. The third kappa shape index (κ3) is 4.89. The topological polar surface area (TPSA) is 109 Å². The second-order valence-corrected chi connectivity index (χ2v) is 6.42. The Hall–Kier alpha value is -4.14. The molecule has 0 unspecified atom stereocenters. The molecule has 9 nitrogen and oxygen atoms in total. The van der Waals surface area contributed by atoms with E-state index in [1.165, 1.54) is 36.2 Å². The predicted molar refractivity (Wildman–Crippen MR) is 114 cm³/mol. The van der Waals surface area contributed by atoms with Gasteiger partial charge in [-0.25, -0.2) is 4.79 Å². The van der Waals surface area contributed by atoms with Gasteiger partial charge in [0, 0.05) is 18.1 Å². The van der Waals surface area contributed by atoms with Crippen LogP contribution in [0.4, 0.5) is 5.69 Å². The minimum atomic E-state index is -0.846. The largest absolute Gasteiger partial charge is 0.495 e. The van der Waals surface area contributed by atoms with E-state index in [1.54, 1.807) is 43.3 Å². The third-order valence-electron chi connectivity index (χ3n) is 4.40. The van der Waals surface area contributed by atoms with Crippen LogP contribution in [0.1, 0.15) is 17.3 Å². The summed E-state index contributed by atoms with van der Waals surface area (Å²) in [6.45, 7) is 1.63. The van der Waals surface area contributed by atoms with Gasteiger partial charge in [0.2, 0.25) is 5.91 Å². The van der Waals surface area contributed by atoms with E-state index < -0.39 is 23.0 Å². The highest BCUT2D eigenvalue weighted by Crippen LogP contribution is 2.19. The van der Waals surface area contributed by atoms with Crippen LogP contribution in [0.15, 0.2) is 70.5 Å². The van der Waals surface area contributed by atoms with Crippen molar-refractivity contribution in [3.8, 4) is 11.4 Å². The van der Waals surface area contributed by atoms with E-state index in [0.29, 0.717) is 22.7 Å². The Bertz CT molecular complexity index is 1210. The number of para-hydroxylation sites is 2. The lowest BCUT2D eigenvalue weighted by atomic mass is 10.2. The second-order valence-electron chi connectivity index (χ2n) is 6.42. The van der Waals surface area contributed by atoms with Crippen molar-refractivity contribution in [3.63, 3.8) is 0 Å². The first-order valence-corrected chi connectivity index (χ1v) is 9.47. The van der Waals surface area contributed by atoms with Gasteiger partial charge in [0.25, 0.3) is 0 Å². The fourth-order valence-electron chi connectivity index (χ4n) is 2.91. The monoisotopic (exact) mass is 423 g/mol. The fraction of sp³-hybridized carbons (Fsp3) is 0.182. The number of benzene rings is 2. The fourth-order valence-corrected chi connectivity index (χ4v) is 2.91. The lowest BCUT2D eigenvalue weighted by Gasteiger charge is -2.12. The highest BCUT2D eigenvalue weighted by Gasteiger charge is 2.13. The van der Waals surface area contributed by atoms with Crippen LogP contribution < -0.4 is 21.2 Å². The zero-order valence-electron chi connectivity index (χ0n) is 17.0. The molecule has 0 aliphatic carbocycles. The van der Waals surface area contributed by atoms with Crippen LogP contribution in [-0.4, -0.2) is 34.7 Å². The van der Waals surface area contributed by atoms with E-state index in [-0.39, 0.29) is 13.2 Å². The van der Waals surface area contributed by atoms with Gasteiger partial charge in [0.05, 0.1) is 25.0 Å². The molecule has 9 heteroatoms. The number of ether oxygens (including phenoxy) is 2. The molecule has 0 saturated heterocycles. The molecule has 2 aromatic carbocycles. The normalized spacial score (nSPS) is 10.4. The van der Waals surface area contributed by atoms with Crippen molar-refractivity contribution in [1.29, 1.82) is 0 Å². The number of methoxy groups -OCH3 is 1. The molecule has 0 aliphatic rings. The number of rotatable bonds is 7. The van der Waals surface area contributed by atoms with E-state index in [2.05, 4.69) is 5.32 Å². The van der Waals surface area contributed by atoms with Gasteiger partial charge in [0.15, 0.2) is 0 Å². The van der Waals surface area contributed by atoms with Gasteiger partial charge in [-0.1, -0.05) is 12.1 Å². The first-order valence-electron chi connectivity index (χ1n) is 9.47. The van der Waals surface area contributed by atoms with Crippen molar-refractivity contribution in [3.05, 3.63) is 87.2 Å². The molecule has 1 heterocycles. The Labute approximate surface area is 177 Å². The summed E-state index contributed by atoms with van der Waals surface area (Å²) in [6, 6.07) is 12.9. The molecular formula is C22H21N3O6. The molecule has 0 aliphatic heterocycles. The summed E-state index contributed by atoms with van der Waals surface area (Å²) in [4.78, 5) is 49.0. The first-order chi connectivity index (χ1) is 14.9. The average molecular weight is 423 g/mol. The number of carbonyl (C=O) groups excluding carboxylic acids is 2. The third-order valence-corrected chi connectivity index (χ3v) is 4.40. The van der Waals surface area contributed by atoms with E-state index in [1.807, 2.05) is 0 Å². The molecule has 0 fully saturated rings. The lowest BCUT2D eigenvalue weighted by Crippen LogP contribution is -2.41. The summed E-state index contributed by atoms with van der Waals surface area (Å²) in [7, 11) is 1.47. The quantitative estimate of drug-likeness (QED) is 0.459. The number of carbonyl (C=O) groups is 2. The first kappa shape index (κ1) is 21.6. The molecule has 31 heavy (non-hydrogen) atoms. The van der Waals surface area contributed by atoms with E-state index >= 15 is 0 Å². The second kappa shape index (κ2) is 9.57. The van der Waals surface area contributed by atoms with Crippen LogP contribution >= 0.6 is 0 Å². The molecule has 0 bridgehead atoms. The van der Waals surface area contributed by atoms with Crippen LogP contribution in [0.25, 0.3) is 5.69 Å². The van der Waals surface area contributed by atoms with Gasteiger partial charge < -0.3 is 14.8 Å². The zero-order valence-corrected chi connectivity index (χ0v) is 17.0. The molecule has 160 valence electrons. The summed E-state index contributed by atoms with van der Waals surface area (Å²) in [5.41, 5.74) is -0.435. The highest BCUT2D eigenvalue weighted by atomic mass is 16.5.